The Morgan fingerprint density at radius 1 is 1.12 bits per heavy atom. The van der Waals surface area contributed by atoms with Crippen molar-refractivity contribution in [2.24, 2.45) is 0 Å². The second kappa shape index (κ2) is 9.08. The minimum atomic E-state index is -3.97. The molecule has 4 rings (SSSR count). The number of nitrogens with one attached hydrogen (secondary N) is 1. The van der Waals surface area contributed by atoms with E-state index in [4.69, 9.17) is 0 Å². The fourth-order valence-corrected chi connectivity index (χ4v) is 5.97. The first-order valence-electron chi connectivity index (χ1n) is 9.46. The zero-order valence-electron chi connectivity index (χ0n) is 17.0. The Morgan fingerprint density at radius 2 is 1.85 bits per heavy atom. The molecule has 0 aliphatic heterocycles. The van der Waals surface area contributed by atoms with E-state index in [1.165, 1.54) is 30.0 Å². The van der Waals surface area contributed by atoms with Crippen molar-refractivity contribution in [3.05, 3.63) is 82.4 Å². The largest absolute Gasteiger partial charge is 0.478 e. The molecule has 0 saturated carbocycles. The number of sulfonamides is 1. The van der Waals surface area contributed by atoms with Crippen LogP contribution in [0, 0.1) is 18.6 Å². The summed E-state index contributed by atoms with van der Waals surface area (Å²) in [5, 5.41) is 9.86. The van der Waals surface area contributed by atoms with Gasteiger partial charge in [0.05, 0.1) is 26.4 Å². The Balaban J connectivity index is 1.45. The molecule has 0 fully saturated rings. The third kappa shape index (κ3) is 5.15. The molecular weight excluding hydrogens is 490 g/mol. The summed E-state index contributed by atoms with van der Waals surface area (Å²) in [6.07, 6.45) is 0. The third-order valence-corrected chi connectivity index (χ3v) is 8.34. The molecule has 0 aliphatic carbocycles. The van der Waals surface area contributed by atoms with E-state index in [1.54, 1.807) is 31.2 Å². The van der Waals surface area contributed by atoms with Gasteiger partial charge >= 0.3 is 5.97 Å². The number of benzene rings is 3. The van der Waals surface area contributed by atoms with Gasteiger partial charge in [-0.05, 0) is 48.9 Å². The third-order valence-electron chi connectivity index (χ3n) is 4.67. The number of carbonyl (C=O) groups is 1. The molecular formula is C22H16F2N2O4S3. The normalized spacial score (nSPS) is 11.6. The van der Waals surface area contributed by atoms with E-state index in [1.807, 2.05) is 0 Å². The lowest BCUT2D eigenvalue weighted by molar-refractivity contribution is 0.0696. The molecule has 2 N–H and O–H groups in total. The van der Waals surface area contributed by atoms with E-state index < -0.39 is 27.6 Å². The number of hydrogen-bond acceptors (Lipinski definition) is 6. The van der Waals surface area contributed by atoms with Crippen molar-refractivity contribution in [3.63, 3.8) is 0 Å². The number of carboxylic acids is 1. The number of hydrogen-bond donors (Lipinski definition) is 2. The van der Waals surface area contributed by atoms with Crippen LogP contribution in [0.2, 0.25) is 0 Å². The van der Waals surface area contributed by atoms with Crippen LogP contribution in [0.4, 0.5) is 14.5 Å². The van der Waals surface area contributed by atoms with Crippen molar-refractivity contribution < 1.29 is 27.1 Å². The van der Waals surface area contributed by atoms with E-state index in [2.05, 4.69) is 9.71 Å². The number of aryl methyl sites for hydroxylation is 1. The lowest BCUT2D eigenvalue weighted by Crippen LogP contribution is -2.14. The Kier molecular flexibility index (Phi) is 6.37. The van der Waals surface area contributed by atoms with Crippen LogP contribution in [0.15, 0.2) is 64.4 Å². The van der Waals surface area contributed by atoms with Gasteiger partial charge in [-0.1, -0.05) is 6.07 Å². The van der Waals surface area contributed by atoms with Crippen molar-refractivity contribution in [2.75, 3.05) is 4.72 Å². The maximum Gasteiger partial charge on any atom is 0.335 e. The second-order valence-electron chi connectivity index (χ2n) is 7.04. The van der Waals surface area contributed by atoms with Gasteiger partial charge in [-0.2, -0.15) is 0 Å². The van der Waals surface area contributed by atoms with Crippen LogP contribution in [-0.2, 0) is 15.8 Å². The highest BCUT2D eigenvalue weighted by atomic mass is 32.2. The summed E-state index contributed by atoms with van der Waals surface area (Å²) in [4.78, 5) is 16.2. The summed E-state index contributed by atoms with van der Waals surface area (Å²) >= 11 is 2.58. The summed E-state index contributed by atoms with van der Waals surface area (Å²) in [5.41, 5.74) is 0.972. The highest BCUT2D eigenvalue weighted by molar-refractivity contribution is 7.98. The van der Waals surface area contributed by atoms with Crippen molar-refractivity contribution in [2.45, 2.75) is 22.5 Å². The summed E-state index contributed by atoms with van der Waals surface area (Å²) in [5.74, 6) is -2.08. The minimum absolute atomic E-state index is 0.0814. The van der Waals surface area contributed by atoms with Gasteiger partial charge in [-0.15, -0.1) is 23.1 Å². The van der Waals surface area contributed by atoms with Crippen LogP contribution in [0.5, 0.6) is 0 Å². The van der Waals surface area contributed by atoms with Crippen LogP contribution in [0.1, 0.15) is 20.9 Å². The molecule has 33 heavy (non-hydrogen) atoms. The number of fused-ring (bicyclic) bond motifs is 1. The molecule has 4 aromatic rings. The first kappa shape index (κ1) is 23.1. The average molecular weight is 507 g/mol. The number of thiazole rings is 1. The molecule has 0 spiro atoms. The molecule has 11 heteroatoms. The first-order valence-corrected chi connectivity index (χ1v) is 12.7. The molecule has 0 amide bonds. The molecule has 170 valence electrons. The Hall–Kier alpha value is -3.02. The number of anilines is 1. The number of aromatic carboxylic acids is 1. The van der Waals surface area contributed by atoms with E-state index in [0.717, 1.165) is 28.4 Å². The number of rotatable bonds is 7. The lowest BCUT2D eigenvalue weighted by atomic mass is 10.1. The summed E-state index contributed by atoms with van der Waals surface area (Å²) in [6, 6.07) is 12.5. The van der Waals surface area contributed by atoms with E-state index in [0.29, 0.717) is 26.7 Å². The molecule has 0 unspecified atom stereocenters. The number of nitrogens with zero attached hydrogens (tertiary/aromatic N) is 1. The predicted octanol–water partition coefficient (Wildman–Crippen LogP) is 5.67. The fourth-order valence-electron chi connectivity index (χ4n) is 3.04. The molecule has 1 heterocycles. The van der Waals surface area contributed by atoms with Crippen molar-refractivity contribution in [1.29, 1.82) is 0 Å². The van der Waals surface area contributed by atoms with Crippen LogP contribution >= 0.6 is 23.1 Å². The van der Waals surface area contributed by atoms with Gasteiger partial charge in [-0.25, -0.2) is 27.0 Å². The number of aromatic nitrogens is 1. The highest BCUT2D eigenvalue weighted by Crippen LogP contribution is 2.31. The van der Waals surface area contributed by atoms with Gasteiger partial charge in [0.15, 0.2) is 0 Å². The lowest BCUT2D eigenvalue weighted by Gasteiger charge is -2.10. The van der Waals surface area contributed by atoms with Crippen LogP contribution < -0.4 is 4.72 Å². The molecule has 0 radical (unpaired) electrons. The zero-order valence-corrected chi connectivity index (χ0v) is 19.5. The number of carboxylic acid groups (broad SMARTS) is 1. The van der Waals surface area contributed by atoms with Gasteiger partial charge in [0.1, 0.15) is 16.6 Å². The monoisotopic (exact) mass is 506 g/mol. The Bertz CT molecular complexity index is 1470. The highest BCUT2D eigenvalue weighted by Gasteiger charge is 2.18. The smallest absolute Gasteiger partial charge is 0.335 e. The van der Waals surface area contributed by atoms with Gasteiger partial charge in [-0.3, -0.25) is 4.72 Å². The van der Waals surface area contributed by atoms with Crippen LogP contribution in [0.3, 0.4) is 0 Å². The van der Waals surface area contributed by atoms with Gasteiger partial charge in [0.2, 0.25) is 0 Å². The molecule has 0 aliphatic rings. The van der Waals surface area contributed by atoms with E-state index in [-0.39, 0.29) is 16.0 Å². The van der Waals surface area contributed by atoms with Crippen LogP contribution in [-0.4, -0.2) is 24.5 Å². The van der Waals surface area contributed by atoms with Gasteiger partial charge < -0.3 is 5.11 Å². The van der Waals surface area contributed by atoms with Crippen molar-refractivity contribution >= 4 is 55.0 Å². The van der Waals surface area contributed by atoms with E-state index >= 15 is 0 Å². The van der Waals surface area contributed by atoms with Crippen molar-refractivity contribution in [1.82, 2.24) is 4.98 Å². The molecule has 1 aromatic heterocycles. The maximum absolute atomic E-state index is 13.8. The molecule has 0 saturated heterocycles. The summed E-state index contributed by atoms with van der Waals surface area (Å²) in [7, 11) is -3.97. The second-order valence-corrected chi connectivity index (χ2v) is 10.9. The standard InChI is InChI=1S/C22H16F2N2O4S3/c1-12-2-7-16(10-17(12)22(27)28)33(29,30)26-14-3-5-15(6-4-14)31-11-20-25-19-9-13(23)8-18(24)21(19)32-20/h2-10,26H,11H2,1H3,(H,27,28). The van der Waals surface area contributed by atoms with Crippen LogP contribution in [0.25, 0.3) is 10.2 Å². The Labute approximate surface area is 196 Å². The summed E-state index contributed by atoms with van der Waals surface area (Å²) in [6.45, 7) is 1.59. The molecule has 6 nitrogen and oxygen atoms in total. The van der Waals surface area contributed by atoms with Gasteiger partial charge in [0, 0.05) is 22.7 Å². The molecule has 3 aromatic carbocycles. The Morgan fingerprint density at radius 3 is 2.55 bits per heavy atom. The molecule has 0 bridgehead atoms. The minimum Gasteiger partial charge on any atom is -0.478 e. The first-order chi connectivity index (χ1) is 15.6. The SMILES string of the molecule is Cc1ccc(S(=O)(=O)Nc2ccc(SCc3nc4cc(F)cc(F)c4s3)cc2)cc1C(=O)O. The number of halogens is 2. The zero-order chi connectivity index (χ0) is 23.8. The topological polar surface area (TPSA) is 96.4 Å². The maximum atomic E-state index is 13.8. The predicted molar refractivity (Wildman–Crippen MR) is 124 cm³/mol. The number of thioether (sulfide) groups is 1. The molecule has 0 atom stereocenters. The summed E-state index contributed by atoms with van der Waals surface area (Å²) < 4.78 is 55.2. The fraction of sp³-hybridized carbons (Fsp3) is 0.0909. The van der Waals surface area contributed by atoms with Gasteiger partial charge in [0.25, 0.3) is 10.0 Å². The average Bonchev–Trinajstić information content (AvgIpc) is 3.16. The quantitative estimate of drug-likeness (QED) is 0.313. The van der Waals surface area contributed by atoms with Crippen molar-refractivity contribution in [3.8, 4) is 0 Å². The van der Waals surface area contributed by atoms with E-state index in [9.17, 15) is 27.1 Å².